The molecule has 2 N–H and O–H groups in total. The van der Waals surface area contributed by atoms with Crippen LogP contribution in [0.2, 0.25) is 0 Å². The number of benzene rings is 2. The highest BCUT2D eigenvalue weighted by molar-refractivity contribution is 5.98. The number of anilines is 2. The number of piperidine rings is 1. The molecule has 6 heteroatoms. The predicted molar refractivity (Wildman–Crippen MR) is 104 cm³/mol. The summed E-state index contributed by atoms with van der Waals surface area (Å²) in [4.78, 5) is 20.1. The Labute approximate surface area is 156 Å². The number of rotatable bonds is 2. The highest BCUT2D eigenvalue weighted by Gasteiger charge is 2.31. The predicted octanol–water partition coefficient (Wildman–Crippen LogP) is 3.96. The molecule has 2 aromatic carbocycles. The fourth-order valence-electron chi connectivity index (χ4n) is 4.07. The van der Waals surface area contributed by atoms with E-state index in [1.807, 2.05) is 23.7 Å². The number of H-pyrrole nitrogens is 1. The quantitative estimate of drug-likeness (QED) is 0.725. The molecule has 5 rings (SSSR count). The zero-order chi connectivity index (χ0) is 18.4. The van der Waals surface area contributed by atoms with E-state index in [1.165, 1.54) is 17.8 Å². The van der Waals surface area contributed by atoms with E-state index in [0.29, 0.717) is 24.8 Å². The van der Waals surface area contributed by atoms with Gasteiger partial charge in [0, 0.05) is 30.0 Å². The van der Waals surface area contributed by atoms with Gasteiger partial charge < -0.3 is 20.1 Å². The molecule has 137 valence electrons. The van der Waals surface area contributed by atoms with Crippen molar-refractivity contribution in [3.63, 3.8) is 0 Å². The summed E-state index contributed by atoms with van der Waals surface area (Å²) >= 11 is 0. The first-order valence-electron chi connectivity index (χ1n) is 9.24. The number of carbonyl (C=O) groups is 1. The maximum Gasteiger partial charge on any atom is 0.270 e. The summed E-state index contributed by atoms with van der Waals surface area (Å²) in [6, 6.07) is 14.9. The lowest BCUT2D eigenvalue weighted by Crippen LogP contribution is -2.45. The molecule has 1 aromatic heterocycles. The number of fused-ring (bicyclic) bond motifs is 2. The third-order valence-electron chi connectivity index (χ3n) is 5.50. The minimum atomic E-state index is -0.294. The molecular formula is C21H20FN4O. The molecule has 0 saturated carbocycles. The first kappa shape index (κ1) is 16.2. The van der Waals surface area contributed by atoms with Crippen molar-refractivity contribution in [1.82, 2.24) is 9.88 Å². The van der Waals surface area contributed by atoms with Crippen molar-refractivity contribution in [3.8, 4) is 0 Å². The Balaban J connectivity index is 1.28. The van der Waals surface area contributed by atoms with Crippen LogP contribution in [-0.4, -0.2) is 34.9 Å². The number of likely N-dealkylation sites (tertiary alicyclic amines) is 1. The number of carbonyl (C=O) groups excluding carboxylic acids is 1. The van der Waals surface area contributed by atoms with Gasteiger partial charge in [-0.3, -0.25) is 4.79 Å². The Morgan fingerprint density at radius 1 is 1.07 bits per heavy atom. The molecule has 0 unspecified atom stereocenters. The van der Waals surface area contributed by atoms with Crippen molar-refractivity contribution in [2.75, 3.05) is 23.3 Å². The smallest absolute Gasteiger partial charge is 0.270 e. The lowest BCUT2D eigenvalue weighted by molar-refractivity contribution is 0.0709. The van der Waals surface area contributed by atoms with Crippen LogP contribution >= 0.6 is 0 Å². The average molecular weight is 363 g/mol. The Morgan fingerprint density at radius 2 is 1.89 bits per heavy atom. The highest BCUT2D eigenvalue weighted by atomic mass is 19.1. The molecule has 5 nitrogen and oxygen atoms in total. The highest BCUT2D eigenvalue weighted by Crippen LogP contribution is 2.36. The lowest BCUT2D eigenvalue weighted by Gasteiger charge is -2.37. The molecule has 2 aliphatic rings. The number of hydrogen-bond acceptors (Lipinski definition) is 3. The number of nitrogens with one attached hydrogen (secondary N) is 2. The van der Waals surface area contributed by atoms with E-state index in [2.05, 4.69) is 27.3 Å². The van der Waals surface area contributed by atoms with Crippen LogP contribution in [0.3, 0.4) is 0 Å². The van der Waals surface area contributed by atoms with Crippen molar-refractivity contribution in [2.24, 2.45) is 0 Å². The number of aromatic nitrogens is 1. The molecule has 3 heterocycles. The van der Waals surface area contributed by atoms with Gasteiger partial charge >= 0.3 is 0 Å². The average Bonchev–Trinajstić information content (AvgIpc) is 3.31. The maximum absolute atomic E-state index is 13.4. The molecule has 1 fully saturated rings. The summed E-state index contributed by atoms with van der Waals surface area (Å²) in [6.07, 6.45) is 1.82. The molecular weight excluding hydrogens is 343 g/mol. The number of amides is 1. The first-order chi connectivity index (χ1) is 13.2. The minimum Gasteiger partial charge on any atom is -0.360 e. The second kappa shape index (κ2) is 6.30. The fourth-order valence-corrected chi connectivity index (χ4v) is 4.07. The summed E-state index contributed by atoms with van der Waals surface area (Å²) in [6.45, 7) is 3.44. The van der Waals surface area contributed by atoms with E-state index < -0.39 is 0 Å². The van der Waals surface area contributed by atoms with Crippen molar-refractivity contribution in [1.29, 1.82) is 0 Å². The summed E-state index contributed by atoms with van der Waals surface area (Å²) < 4.78 is 13.4. The van der Waals surface area contributed by atoms with E-state index >= 15 is 0 Å². The van der Waals surface area contributed by atoms with Gasteiger partial charge in [-0.05, 0) is 49.2 Å². The third kappa shape index (κ3) is 2.81. The molecule has 1 saturated heterocycles. The Kier molecular flexibility index (Phi) is 3.77. The monoisotopic (exact) mass is 363 g/mol. The summed E-state index contributed by atoms with van der Waals surface area (Å²) in [5.74, 6) is -0.314. The second-order valence-corrected chi connectivity index (χ2v) is 7.14. The molecule has 1 amide bonds. The number of aromatic amines is 1. The number of para-hydroxylation sites is 2. The second-order valence-electron chi connectivity index (χ2n) is 7.14. The minimum absolute atomic E-state index is 0.0195. The van der Waals surface area contributed by atoms with Gasteiger partial charge in [0.05, 0.1) is 11.4 Å². The van der Waals surface area contributed by atoms with E-state index in [0.717, 1.165) is 29.4 Å². The van der Waals surface area contributed by atoms with Crippen LogP contribution in [0.5, 0.6) is 0 Å². The zero-order valence-corrected chi connectivity index (χ0v) is 14.8. The molecule has 27 heavy (non-hydrogen) atoms. The van der Waals surface area contributed by atoms with Crippen molar-refractivity contribution in [2.45, 2.75) is 18.9 Å². The van der Waals surface area contributed by atoms with Crippen LogP contribution in [0.25, 0.3) is 10.9 Å². The molecule has 0 spiro atoms. The number of nitrogens with zero attached hydrogens (tertiary/aromatic N) is 2. The van der Waals surface area contributed by atoms with E-state index in [-0.39, 0.29) is 11.7 Å². The topological polar surface area (TPSA) is 51.4 Å². The van der Waals surface area contributed by atoms with Gasteiger partial charge in [0.2, 0.25) is 0 Å². The van der Waals surface area contributed by atoms with E-state index in [9.17, 15) is 9.18 Å². The number of hydrogen-bond donors (Lipinski definition) is 2. The summed E-state index contributed by atoms with van der Waals surface area (Å²) in [7, 11) is 0. The van der Waals surface area contributed by atoms with Crippen LogP contribution in [-0.2, 0) is 0 Å². The molecule has 2 aliphatic heterocycles. The van der Waals surface area contributed by atoms with Crippen molar-refractivity contribution < 1.29 is 9.18 Å². The van der Waals surface area contributed by atoms with Gasteiger partial charge in [0.15, 0.2) is 0 Å². The Hall–Kier alpha value is -3.02. The van der Waals surface area contributed by atoms with Crippen LogP contribution in [0, 0.1) is 12.5 Å². The summed E-state index contributed by atoms with van der Waals surface area (Å²) in [5.41, 5.74) is 3.62. The van der Waals surface area contributed by atoms with Crippen LogP contribution in [0.4, 0.5) is 15.8 Å². The van der Waals surface area contributed by atoms with Crippen LogP contribution < -0.4 is 10.2 Å². The normalized spacial score (nSPS) is 17.2. The fraction of sp³-hybridized carbons (Fsp3) is 0.238. The number of halogens is 1. The summed E-state index contributed by atoms with van der Waals surface area (Å²) in [5, 5.41) is 4.04. The van der Waals surface area contributed by atoms with E-state index in [1.54, 1.807) is 12.1 Å². The van der Waals surface area contributed by atoms with Crippen LogP contribution in [0.1, 0.15) is 23.3 Å². The lowest BCUT2D eigenvalue weighted by atomic mass is 10.0. The third-order valence-corrected chi connectivity index (χ3v) is 5.50. The Morgan fingerprint density at radius 3 is 2.74 bits per heavy atom. The van der Waals surface area contributed by atoms with E-state index in [4.69, 9.17) is 0 Å². The SMILES string of the molecule is O=C(c1cc2cc(F)ccc2[nH]1)N1CCC(N2[CH]Nc3ccccc32)CC1. The van der Waals surface area contributed by atoms with Gasteiger partial charge in [0.1, 0.15) is 18.2 Å². The maximum atomic E-state index is 13.4. The first-order valence-corrected chi connectivity index (χ1v) is 9.24. The van der Waals surface area contributed by atoms with Gasteiger partial charge in [-0.1, -0.05) is 12.1 Å². The molecule has 0 atom stereocenters. The van der Waals surface area contributed by atoms with Gasteiger partial charge in [0.25, 0.3) is 5.91 Å². The molecule has 1 radical (unpaired) electrons. The largest absolute Gasteiger partial charge is 0.360 e. The zero-order valence-electron chi connectivity index (χ0n) is 14.8. The standard InChI is InChI=1S/C21H20FN4O/c22-15-5-6-17-14(11-15)12-19(24-17)21(27)25-9-7-16(8-10-25)26-13-23-18-3-1-2-4-20(18)26/h1-6,11-13,16,23-24H,7-10H2. The van der Waals surface area contributed by atoms with Crippen LogP contribution in [0.15, 0.2) is 48.5 Å². The Bertz CT molecular complexity index is 1010. The van der Waals surface area contributed by atoms with Crippen molar-refractivity contribution in [3.05, 3.63) is 66.7 Å². The van der Waals surface area contributed by atoms with Gasteiger partial charge in [-0.2, -0.15) is 0 Å². The molecule has 0 bridgehead atoms. The van der Waals surface area contributed by atoms with Gasteiger partial charge in [-0.25, -0.2) is 4.39 Å². The molecule has 0 aliphatic carbocycles. The van der Waals surface area contributed by atoms with Crippen molar-refractivity contribution >= 4 is 28.2 Å². The molecule has 3 aromatic rings. The van der Waals surface area contributed by atoms with Gasteiger partial charge in [-0.15, -0.1) is 0 Å².